The highest BCUT2D eigenvalue weighted by Crippen LogP contribution is 2.29. The summed E-state index contributed by atoms with van der Waals surface area (Å²) in [6, 6.07) is 4.68. The van der Waals surface area contributed by atoms with Gasteiger partial charge < -0.3 is 15.8 Å². The summed E-state index contributed by atoms with van der Waals surface area (Å²) in [4.78, 5) is 10.5. The molecule has 1 fully saturated rings. The average molecular weight is 223 g/mol. The zero-order valence-electron chi connectivity index (χ0n) is 8.68. The monoisotopic (exact) mass is 223 g/mol. The van der Waals surface area contributed by atoms with Crippen LogP contribution >= 0.6 is 0 Å². The van der Waals surface area contributed by atoms with E-state index in [-0.39, 0.29) is 11.8 Å². The molecule has 0 aliphatic carbocycles. The molecule has 86 valence electrons. The number of nitro benzene ring substituents is 1. The van der Waals surface area contributed by atoms with E-state index < -0.39 is 4.92 Å². The molecule has 0 amide bonds. The maximum absolute atomic E-state index is 10.9. The summed E-state index contributed by atoms with van der Waals surface area (Å²) in [5.41, 5.74) is 6.52. The van der Waals surface area contributed by atoms with Crippen molar-refractivity contribution in [2.45, 2.75) is 6.10 Å². The lowest BCUT2D eigenvalue weighted by Crippen LogP contribution is -2.33. The zero-order chi connectivity index (χ0) is 11.5. The van der Waals surface area contributed by atoms with Gasteiger partial charge in [0.1, 0.15) is 6.10 Å². The minimum Gasteiger partial charge on any atom is -0.399 e. The Hall–Kier alpha value is -1.66. The van der Waals surface area contributed by atoms with Crippen LogP contribution in [0, 0.1) is 10.1 Å². The van der Waals surface area contributed by atoms with E-state index in [1.165, 1.54) is 6.07 Å². The number of hydrogen-bond acceptors (Lipinski definition) is 5. The van der Waals surface area contributed by atoms with Crippen LogP contribution in [-0.4, -0.2) is 24.6 Å². The number of rotatable bonds is 2. The van der Waals surface area contributed by atoms with Gasteiger partial charge in [0.15, 0.2) is 0 Å². The summed E-state index contributed by atoms with van der Waals surface area (Å²) in [6.07, 6.45) is -0.269. The van der Waals surface area contributed by atoms with Crippen molar-refractivity contribution in [2.24, 2.45) is 0 Å². The third-order valence-electron chi connectivity index (χ3n) is 2.53. The standard InChI is InChI=1S/C10H13N3O3/c11-7-1-2-8(9(5-7)13(14)15)10-6-12-3-4-16-10/h1-2,5,10,12H,3-4,6,11H2. The van der Waals surface area contributed by atoms with Gasteiger partial charge in [0, 0.05) is 24.8 Å². The molecule has 1 aliphatic heterocycles. The fourth-order valence-corrected chi connectivity index (χ4v) is 1.76. The van der Waals surface area contributed by atoms with Crippen molar-refractivity contribution in [1.29, 1.82) is 0 Å². The van der Waals surface area contributed by atoms with Crippen LogP contribution in [0.5, 0.6) is 0 Å². The van der Waals surface area contributed by atoms with Crippen LogP contribution in [0.1, 0.15) is 11.7 Å². The number of nitro groups is 1. The van der Waals surface area contributed by atoms with Crippen LogP contribution in [-0.2, 0) is 4.74 Å². The molecule has 6 nitrogen and oxygen atoms in total. The van der Waals surface area contributed by atoms with Gasteiger partial charge in [0.05, 0.1) is 17.1 Å². The molecule has 1 aromatic rings. The van der Waals surface area contributed by atoms with E-state index in [2.05, 4.69) is 5.32 Å². The SMILES string of the molecule is Nc1ccc(C2CNCCO2)c([N+](=O)[O-])c1. The Morgan fingerprint density at radius 3 is 3.00 bits per heavy atom. The van der Waals surface area contributed by atoms with Gasteiger partial charge >= 0.3 is 0 Å². The molecule has 0 radical (unpaired) electrons. The Morgan fingerprint density at radius 2 is 2.38 bits per heavy atom. The summed E-state index contributed by atoms with van der Waals surface area (Å²) in [5.74, 6) is 0. The predicted molar refractivity (Wildman–Crippen MR) is 59.1 cm³/mol. The molecular weight excluding hydrogens is 210 g/mol. The smallest absolute Gasteiger partial charge is 0.277 e. The molecule has 0 spiro atoms. The van der Waals surface area contributed by atoms with Crippen molar-refractivity contribution in [2.75, 3.05) is 25.4 Å². The molecular formula is C10H13N3O3. The summed E-state index contributed by atoms with van der Waals surface area (Å²) < 4.78 is 5.49. The Bertz CT molecular complexity index is 402. The lowest BCUT2D eigenvalue weighted by atomic mass is 10.1. The van der Waals surface area contributed by atoms with E-state index in [4.69, 9.17) is 10.5 Å². The fraction of sp³-hybridized carbons (Fsp3) is 0.400. The molecule has 16 heavy (non-hydrogen) atoms. The predicted octanol–water partition coefficient (Wildman–Crippen LogP) is 0.838. The first-order valence-electron chi connectivity index (χ1n) is 5.04. The first-order valence-corrected chi connectivity index (χ1v) is 5.04. The molecule has 1 atom stereocenters. The molecule has 1 unspecified atom stereocenters. The first kappa shape index (κ1) is 10.8. The second-order valence-electron chi connectivity index (χ2n) is 3.64. The Labute approximate surface area is 92.5 Å². The van der Waals surface area contributed by atoms with Gasteiger partial charge in [-0.1, -0.05) is 0 Å². The van der Waals surface area contributed by atoms with Gasteiger partial charge in [0.25, 0.3) is 5.69 Å². The Kier molecular flexibility index (Phi) is 3.02. The zero-order valence-corrected chi connectivity index (χ0v) is 8.68. The van der Waals surface area contributed by atoms with E-state index >= 15 is 0 Å². The van der Waals surface area contributed by atoms with Crippen molar-refractivity contribution in [1.82, 2.24) is 5.32 Å². The number of nitrogens with one attached hydrogen (secondary N) is 1. The minimum atomic E-state index is -0.427. The molecule has 0 saturated carbocycles. The normalized spacial score (nSPS) is 20.6. The molecule has 3 N–H and O–H groups in total. The molecule has 0 bridgehead atoms. The number of hydrogen-bond donors (Lipinski definition) is 2. The van der Waals surface area contributed by atoms with E-state index in [9.17, 15) is 10.1 Å². The maximum atomic E-state index is 10.9. The fourth-order valence-electron chi connectivity index (χ4n) is 1.76. The first-order chi connectivity index (χ1) is 7.68. The third-order valence-corrected chi connectivity index (χ3v) is 2.53. The maximum Gasteiger partial charge on any atom is 0.277 e. The van der Waals surface area contributed by atoms with E-state index in [1.807, 2.05) is 0 Å². The van der Waals surface area contributed by atoms with Gasteiger partial charge in [-0.2, -0.15) is 0 Å². The summed E-state index contributed by atoms with van der Waals surface area (Å²) >= 11 is 0. The highest BCUT2D eigenvalue weighted by atomic mass is 16.6. The van der Waals surface area contributed by atoms with E-state index in [0.29, 0.717) is 24.4 Å². The lowest BCUT2D eigenvalue weighted by Gasteiger charge is -2.23. The molecule has 0 aromatic heterocycles. The summed E-state index contributed by atoms with van der Waals surface area (Å²) in [5, 5.41) is 14.0. The van der Waals surface area contributed by atoms with Gasteiger partial charge in [-0.3, -0.25) is 10.1 Å². The number of nitrogens with two attached hydrogens (primary N) is 1. The minimum absolute atomic E-state index is 0.0219. The number of ether oxygens (including phenoxy) is 1. The van der Waals surface area contributed by atoms with Crippen LogP contribution in [0.3, 0.4) is 0 Å². The second-order valence-corrected chi connectivity index (χ2v) is 3.64. The topological polar surface area (TPSA) is 90.4 Å². The number of benzene rings is 1. The van der Waals surface area contributed by atoms with Crippen LogP contribution in [0.4, 0.5) is 11.4 Å². The second kappa shape index (κ2) is 4.46. The largest absolute Gasteiger partial charge is 0.399 e. The van der Waals surface area contributed by atoms with E-state index in [0.717, 1.165) is 6.54 Å². The molecule has 1 aliphatic rings. The van der Waals surface area contributed by atoms with Crippen LogP contribution in [0.15, 0.2) is 18.2 Å². The Balaban J connectivity index is 2.34. The lowest BCUT2D eigenvalue weighted by molar-refractivity contribution is -0.386. The van der Waals surface area contributed by atoms with Crippen LogP contribution in [0.25, 0.3) is 0 Å². The molecule has 1 saturated heterocycles. The average Bonchev–Trinajstić information content (AvgIpc) is 2.30. The number of nitrogen functional groups attached to an aromatic ring is 1. The molecule has 2 rings (SSSR count). The quantitative estimate of drug-likeness (QED) is 0.440. The van der Waals surface area contributed by atoms with Gasteiger partial charge in [-0.25, -0.2) is 0 Å². The van der Waals surface area contributed by atoms with E-state index in [1.54, 1.807) is 12.1 Å². The van der Waals surface area contributed by atoms with Crippen molar-refractivity contribution < 1.29 is 9.66 Å². The molecule has 6 heteroatoms. The summed E-state index contributed by atoms with van der Waals surface area (Å²) in [7, 11) is 0. The highest BCUT2D eigenvalue weighted by Gasteiger charge is 2.24. The third kappa shape index (κ3) is 2.12. The van der Waals surface area contributed by atoms with Gasteiger partial charge in [0.2, 0.25) is 0 Å². The van der Waals surface area contributed by atoms with Crippen LogP contribution < -0.4 is 11.1 Å². The van der Waals surface area contributed by atoms with Crippen molar-refractivity contribution in [3.05, 3.63) is 33.9 Å². The highest BCUT2D eigenvalue weighted by molar-refractivity contribution is 5.53. The number of nitrogens with zero attached hydrogens (tertiary/aromatic N) is 1. The van der Waals surface area contributed by atoms with Crippen molar-refractivity contribution in [3.8, 4) is 0 Å². The number of anilines is 1. The Morgan fingerprint density at radius 1 is 1.56 bits per heavy atom. The number of morpholine rings is 1. The van der Waals surface area contributed by atoms with Gasteiger partial charge in [-0.05, 0) is 12.1 Å². The van der Waals surface area contributed by atoms with Crippen LogP contribution in [0.2, 0.25) is 0 Å². The van der Waals surface area contributed by atoms with Crippen molar-refractivity contribution >= 4 is 11.4 Å². The van der Waals surface area contributed by atoms with Gasteiger partial charge in [-0.15, -0.1) is 0 Å². The molecule has 1 heterocycles. The van der Waals surface area contributed by atoms with Crippen molar-refractivity contribution in [3.63, 3.8) is 0 Å². The summed E-state index contributed by atoms with van der Waals surface area (Å²) in [6.45, 7) is 1.93. The molecule has 1 aromatic carbocycles.